The summed E-state index contributed by atoms with van der Waals surface area (Å²) in [5.41, 5.74) is 1.36. The SMILES string of the molecule is Cc1cccc(F)c1C(=O)N1C(c2ccc(NC3CCCC3)cc2)C(C(=O)Nc2cccc(C(F)(F)F)c2)C[C@@H]2CCC[C@@H]21. The van der Waals surface area contributed by atoms with E-state index in [9.17, 15) is 22.8 Å². The number of aryl methyl sites for hydroxylation is 1. The van der Waals surface area contributed by atoms with Crippen LogP contribution in [0.3, 0.4) is 0 Å². The van der Waals surface area contributed by atoms with Crippen LogP contribution >= 0.6 is 0 Å². The molecule has 3 aliphatic rings. The van der Waals surface area contributed by atoms with Gasteiger partial charge in [0.05, 0.1) is 23.1 Å². The molecule has 0 aromatic heterocycles. The highest BCUT2D eigenvalue weighted by molar-refractivity contribution is 5.98. The summed E-state index contributed by atoms with van der Waals surface area (Å²) in [6.45, 7) is 1.70. The second kappa shape index (κ2) is 12.3. The highest BCUT2D eigenvalue weighted by Crippen LogP contribution is 2.49. The Morgan fingerprint density at radius 1 is 0.864 bits per heavy atom. The van der Waals surface area contributed by atoms with E-state index in [4.69, 9.17) is 0 Å². The fraction of sp³-hybridized carbons (Fsp3) is 0.429. The summed E-state index contributed by atoms with van der Waals surface area (Å²) < 4.78 is 55.5. The molecule has 4 atom stereocenters. The number of nitrogens with zero attached hydrogens (tertiary/aromatic N) is 1. The zero-order chi connectivity index (χ0) is 31.0. The number of benzene rings is 3. The van der Waals surface area contributed by atoms with Gasteiger partial charge in [-0.15, -0.1) is 0 Å². The van der Waals surface area contributed by atoms with Gasteiger partial charge in [-0.3, -0.25) is 9.59 Å². The van der Waals surface area contributed by atoms with Gasteiger partial charge in [0.1, 0.15) is 5.82 Å². The molecule has 2 saturated carbocycles. The quantitative estimate of drug-likeness (QED) is 0.276. The lowest BCUT2D eigenvalue weighted by molar-refractivity contribution is -0.137. The second-order valence-corrected chi connectivity index (χ2v) is 12.5. The van der Waals surface area contributed by atoms with E-state index in [-0.39, 0.29) is 23.2 Å². The van der Waals surface area contributed by atoms with Gasteiger partial charge in [0.25, 0.3) is 5.91 Å². The van der Waals surface area contributed by atoms with E-state index in [1.807, 2.05) is 24.3 Å². The molecule has 6 rings (SSSR count). The number of anilines is 2. The van der Waals surface area contributed by atoms with Crippen LogP contribution < -0.4 is 10.6 Å². The third-order valence-electron chi connectivity index (χ3n) is 9.66. The summed E-state index contributed by atoms with van der Waals surface area (Å²) in [7, 11) is 0. The smallest absolute Gasteiger partial charge is 0.382 e. The number of nitrogens with one attached hydrogen (secondary N) is 2. The summed E-state index contributed by atoms with van der Waals surface area (Å²) >= 11 is 0. The molecule has 9 heteroatoms. The molecule has 2 N–H and O–H groups in total. The lowest BCUT2D eigenvalue weighted by Gasteiger charge is -2.48. The van der Waals surface area contributed by atoms with Crippen LogP contribution in [0.4, 0.5) is 28.9 Å². The molecule has 2 aliphatic carbocycles. The number of carbonyl (C=O) groups is 2. The number of amides is 2. The van der Waals surface area contributed by atoms with Crippen LogP contribution in [-0.2, 0) is 11.0 Å². The second-order valence-electron chi connectivity index (χ2n) is 12.5. The number of alkyl halides is 3. The Morgan fingerprint density at radius 2 is 1.59 bits per heavy atom. The predicted octanol–water partition coefficient (Wildman–Crippen LogP) is 8.52. The Labute approximate surface area is 255 Å². The number of piperidine rings is 1. The van der Waals surface area contributed by atoms with Gasteiger partial charge in [-0.25, -0.2) is 4.39 Å². The minimum atomic E-state index is -4.56. The Kier molecular flexibility index (Phi) is 8.40. The zero-order valence-electron chi connectivity index (χ0n) is 24.7. The van der Waals surface area contributed by atoms with Gasteiger partial charge in [-0.05, 0) is 92.5 Å². The van der Waals surface area contributed by atoms with Crippen LogP contribution in [0.2, 0.25) is 0 Å². The monoisotopic (exact) mass is 607 g/mol. The maximum atomic E-state index is 15.2. The van der Waals surface area contributed by atoms with E-state index in [0.717, 1.165) is 55.5 Å². The Bertz CT molecular complexity index is 1500. The first-order chi connectivity index (χ1) is 21.1. The molecule has 44 heavy (non-hydrogen) atoms. The number of likely N-dealkylation sites (tertiary alicyclic amines) is 1. The van der Waals surface area contributed by atoms with E-state index in [1.54, 1.807) is 24.0 Å². The largest absolute Gasteiger partial charge is 0.416 e. The van der Waals surface area contributed by atoms with Crippen LogP contribution in [-0.4, -0.2) is 28.8 Å². The van der Waals surface area contributed by atoms with Gasteiger partial charge < -0.3 is 15.5 Å². The average Bonchev–Trinajstić information content (AvgIpc) is 3.68. The Hall–Kier alpha value is -3.88. The lowest BCUT2D eigenvalue weighted by Crippen LogP contribution is -2.54. The van der Waals surface area contributed by atoms with E-state index in [2.05, 4.69) is 10.6 Å². The normalized spacial score (nSPS) is 23.8. The molecule has 0 spiro atoms. The number of carbonyl (C=O) groups excluding carboxylic acids is 2. The summed E-state index contributed by atoms with van der Waals surface area (Å²) in [5, 5.41) is 6.29. The fourth-order valence-electron chi connectivity index (χ4n) is 7.56. The molecule has 0 bridgehead atoms. The van der Waals surface area contributed by atoms with Crippen molar-refractivity contribution in [2.75, 3.05) is 10.6 Å². The van der Waals surface area contributed by atoms with Crippen LogP contribution in [0, 0.1) is 24.6 Å². The summed E-state index contributed by atoms with van der Waals surface area (Å²) in [6.07, 6.45) is 2.94. The van der Waals surface area contributed by atoms with Crippen molar-refractivity contribution in [1.82, 2.24) is 4.90 Å². The lowest BCUT2D eigenvalue weighted by atomic mass is 9.76. The fourth-order valence-corrected chi connectivity index (χ4v) is 7.56. The van der Waals surface area contributed by atoms with Crippen LogP contribution in [0.25, 0.3) is 0 Å². The van der Waals surface area contributed by atoms with Crippen molar-refractivity contribution in [3.63, 3.8) is 0 Å². The van der Waals surface area contributed by atoms with Crippen LogP contribution in [0.5, 0.6) is 0 Å². The molecule has 2 unspecified atom stereocenters. The van der Waals surface area contributed by atoms with Gasteiger partial charge in [-0.1, -0.05) is 49.6 Å². The van der Waals surface area contributed by atoms with Gasteiger partial charge in [0.15, 0.2) is 0 Å². The molecule has 0 radical (unpaired) electrons. The number of fused-ring (bicyclic) bond motifs is 1. The van der Waals surface area contributed by atoms with E-state index in [0.29, 0.717) is 18.0 Å². The third kappa shape index (κ3) is 6.06. The molecule has 2 amide bonds. The first-order valence-electron chi connectivity index (χ1n) is 15.5. The van der Waals surface area contributed by atoms with Crippen LogP contribution in [0.15, 0.2) is 66.7 Å². The van der Waals surface area contributed by atoms with E-state index in [1.165, 1.54) is 31.0 Å². The van der Waals surface area contributed by atoms with Crippen molar-refractivity contribution in [2.45, 2.75) is 82.6 Å². The van der Waals surface area contributed by atoms with Crippen molar-refractivity contribution in [3.05, 3.63) is 94.8 Å². The minimum absolute atomic E-state index is 0.0124. The van der Waals surface area contributed by atoms with Crippen molar-refractivity contribution >= 4 is 23.2 Å². The average molecular weight is 608 g/mol. The molecule has 3 fully saturated rings. The minimum Gasteiger partial charge on any atom is -0.382 e. The molecule has 1 aliphatic heterocycles. The van der Waals surface area contributed by atoms with Crippen LogP contribution in [0.1, 0.15) is 84.5 Å². The highest BCUT2D eigenvalue weighted by atomic mass is 19.4. The molecular formula is C35H37F4N3O2. The summed E-state index contributed by atoms with van der Waals surface area (Å²) in [5.74, 6) is -2.28. The topological polar surface area (TPSA) is 61.4 Å². The van der Waals surface area contributed by atoms with Gasteiger partial charge in [-0.2, -0.15) is 13.2 Å². The van der Waals surface area contributed by atoms with Crippen molar-refractivity contribution < 1.29 is 27.2 Å². The zero-order valence-corrected chi connectivity index (χ0v) is 24.7. The molecule has 232 valence electrons. The summed E-state index contributed by atoms with van der Waals surface area (Å²) in [4.78, 5) is 30.1. The molecule has 3 aromatic carbocycles. The molecule has 1 saturated heterocycles. The maximum Gasteiger partial charge on any atom is 0.416 e. The van der Waals surface area contributed by atoms with E-state index >= 15 is 4.39 Å². The number of rotatable bonds is 6. The Morgan fingerprint density at radius 3 is 2.30 bits per heavy atom. The Balaban J connectivity index is 1.39. The first-order valence-corrected chi connectivity index (χ1v) is 15.5. The van der Waals surface area contributed by atoms with Crippen molar-refractivity contribution in [1.29, 1.82) is 0 Å². The molecule has 3 aromatic rings. The predicted molar refractivity (Wildman–Crippen MR) is 162 cm³/mol. The van der Waals surface area contributed by atoms with Gasteiger partial charge >= 0.3 is 6.18 Å². The molecule has 1 heterocycles. The first kappa shape index (κ1) is 30.2. The highest BCUT2D eigenvalue weighted by Gasteiger charge is 2.50. The van der Waals surface area contributed by atoms with E-state index < -0.39 is 41.3 Å². The third-order valence-corrected chi connectivity index (χ3v) is 9.66. The standard InChI is InChI=1S/C35H37F4N3O2/c1-21-7-4-13-29(36)31(21)34(44)42-30-14-5-8-23(30)19-28(33(43)41-27-12-6-9-24(20-27)35(37,38)39)32(42)22-15-17-26(18-16-22)40-25-10-2-3-11-25/h4,6-7,9,12-13,15-18,20,23,25,28,30,32,40H,2-3,5,8,10-11,14,19H2,1H3,(H,41,43)/t23-,28?,30-,32?/m0/s1. The van der Waals surface area contributed by atoms with Gasteiger partial charge in [0.2, 0.25) is 5.91 Å². The number of hydrogen-bond donors (Lipinski definition) is 2. The molecular weight excluding hydrogens is 570 g/mol. The maximum absolute atomic E-state index is 15.2. The summed E-state index contributed by atoms with van der Waals surface area (Å²) in [6, 6.07) is 16.3. The number of halogens is 4. The molecule has 5 nitrogen and oxygen atoms in total. The number of hydrogen-bond acceptors (Lipinski definition) is 3. The van der Waals surface area contributed by atoms with Gasteiger partial charge in [0, 0.05) is 23.5 Å². The van der Waals surface area contributed by atoms with Crippen molar-refractivity contribution in [2.24, 2.45) is 11.8 Å². The van der Waals surface area contributed by atoms with Crippen molar-refractivity contribution in [3.8, 4) is 0 Å².